The van der Waals surface area contributed by atoms with Crippen LogP contribution in [0.25, 0.3) is 0 Å². The maximum Gasteiger partial charge on any atom is 0.214 e. The second kappa shape index (κ2) is 10.3. The second-order valence-electron chi connectivity index (χ2n) is 5.19. The molecule has 1 aromatic heterocycles. The molecule has 0 saturated heterocycles. The number of hydrogen-bond donors (Lipinski definition) is 2. The van der Waals surface area contributed by atoms with E-state index in [-0.39, 0.29) is 30.1 Å². The molecule has 1 unspecified atom stereocenters. The molecule has 0 amide bonds. The quantitative estimate of drug-likeness (QED) is 0.407. The number of hydrogen-bond acceptors (Lipinski definition) is 4. The lowest BCUT2D eigenvalue weighted by Crippen LogP contribution is -2.39. The van der Waals surface area contributed by atoms with E-state index in [2.05, 4.69) is 20.6 Å². The van der Waals surface area contributed by atoms with Gasteiger partial charge in [0.1, 0.15) is 5.76 Å². The molecule has 1 aromatic carbocycles. The number of nitrogens with zero attached hydrogens (tertiary/aromatic N) is 2. The minimum atomic E-state index is -0.0408. The Morgan fingerprint density at radius 2 is 1.96 bits per heavy atom. The van der Waals surface area contributed by atoms with Crippen molar-refractivity contribution in [2.24, 2.45) is 4.99 Å². The number of aliphatic imine (C=N–C) groups is 1. The number of halogens is 1. The van der Waals surface area contributed by atoms with Crippen molar-refractivity contribution in [2.45, 2.75) is 26.5 Å². The zero-order valence-corrected chi connectivity index (χ0v) is 16.8. The smallest absolute Gasteiger partial charge is 0.214 e. The monoisotopic (exact) mass is 444 g/mol. The molecule has 0 spiro atoms. The lowest BCUT2D eigenvalue weighted by atomic mass is 10.1. The zero-order valence-electron chi connectivity index (χ0n) is 14.5. The van der Waals surface area contributed by atoms with Crippen LogP contribution >= 0.6 is 24.0 Å². The number of ether oxygens (including phenoxy) is 1. The molecule has 0 bridgehead atoms. The summed E-state index contributed by atoms with van der Waals surface area (Å²) in [5.74, 6) is 2.17. The van der Waals surface area contributed by atoms with E-state index in [1.807, 2.05) is 44.2 Å². The highest BCUT2D eigenvalue weighted by molar-refractivity contribution is 14.0. The number of aromatic nitrogens is 1. The Kier molecular flexibility index (Phi) is 8.77. The van der Waals surface area contributed by atoms with Gasteiger partial charge in [0.25, 0.3) is 0 Å². The highest BCUT2D eigenvalue weighted by atomic mass is 127. The Labute approximate surface area is 160 Å². The standard InChI is InChI=1S/C17H24N4O2.HI/c1-12-13(2)23-16(21-12)11-20-17(18-3)19-10-15(22-4)14-8-6-5-7-9-14;/h5-9,15H,10-11H2,1-4H3,(H2,18,19,20);1H. The maximum absolute atomic E-state index is 5.54. The average Bonchev–Trinajstić information content (AvgIpc) is 2.90. The Morgan fingerprint density at radius 1 is 1.25 bits per heavy atom. The Bertz CT molecular complexity index is 624. The van der Waals surface area contributed by atoms with Crippen LogP contribution in [0.4, 0.5) is 0 Å². The molecule has 0 aliphatic carbocycles. The summed E-state index contributed by atoms with van der Waals surface area (Å²) in [5.41, 5.74) is 2.03. The van der Waals surface area contributed by atoms with E-state index in [0.717, 1.165) is 17.0 Å². The van der Waals surface area contributed by atoms with E-state index in [4.69, 9.17) is 9.15 Å². The summed E-state index contributed by atoms with van der Waals surface area (Å²) in [7, 11) is 3.43. The molecule has 0 radical (unpaired) electrons. The SMILES string of the molecule is CN=C(NCc1nc(C)c(C)o1)NCC(OC)c1ccccc1.I. The number of aryl methyl sites for hydroxylation is 2. The van der Waals surface area contributed by atoms with Crippen molar-refractivity contribution in [1.29, 1.82) is 0 Å². The third-order valence-electron chi connectivity index (χ3n) is 3.61. The number of nitrogens with one attached hydrogen (secondary N) is 2. The maximum atomic E-state index is 5.54. The van der Waals surface area contributed by atoms with Crippen LogP contribution in [0.2, 0.25) is 0 Å². The van der Waals surface area contributed by atoms with Gasteiger partial charge in [-0.2, -0.15) is 0 Å². The fourth-order valence-corrected chi connectivity index (χ4v) is 2.19. The van der Waals surface area contributed by atoms with Gasteiger partial charge < -0.3 is 19.8 Å². The second-order valence-corrected chi connectivity index (χ2v) is 5.19. The van der Waals surface area contributed by atoms with Crippen LogP contribution < -0.4 is 10.6 Å². The molecule has 0 aliphatic heterocycles. The molecule has 6 nitrogen and oxygen atoms in total. The van der Waals surface area contributed by atoms with Gasteiger partial charge in [0.15, 0.2) is 5.96 Å². The predicted molar refractivity (Wildman–Crippen MR) is 106 cm³/mol. The van der Waals surface area contributed by atoms with Crippen LogP contribution in [0.5, 0.6) is 0 Å². The topological polar surface area (TPSA) is 71.7 Å². The van der Waals surface area contributed by atoms with E-state index in [1.165, 1.54) is 0 Å². The van der Waals surface area contributed by atoms with E-state index < -0.39 is 0 Å². The Hall–Kier alpha value is -1.61. The summed E-state index contributed by atoms with van der Waals surface area (Å²) in [5, 5.41) is 6.44. The Balaban J connectivity index is 0.00000288. The van der Waals surface area contributed by atoms with Crippen molar-refractivity contribution < 1.29 is 9.15 Å². The van der Waals surface area contributed by atoms with Crippen molar-refractivity contribution in [3.05, 3.63) is 53.2 Å². The van der Waals surface area contributed by atoms with E-state index in [9.17, 15) is 0 Å². The van der Waals surface area contributed by atoms with Crippen molar-refractivity contribution in [3.63, 3.8) is 0 Å². The average molecular weight is 444 g/mol. The molecule has 2 rings (SSSR count). The fraction of sp³-hybridized carbons (Fsp3) is 0.412. The summed E-state index contributed by atoms with van der Waals surface area (Å²) in [6.07, 6.45) is -0.0408. The van der Waals surface area contributed by atoms with Crippen LogP contribution in [0.3, 0.4) is 0 Å². The summed E-state index contributed by atoms with van der Waals surface area (Å²) >= 11 is 0. The number of oxazole rings is 1. The summed E-state index contributed by atoms with van der Waals surface area (Å²) < 4.78 is 11.1. The molecule has 2 aromatic rings. The van der Waals surface area contributed by atoms with Gasteiger partial charge in [0.05, 0.1) is 18.3 Å². The van der Waals surface area contributed by atoms with Crippen LogP contribution in [0, 0.1) is 13.8 Å². The van der Waals surface area contributed by atoms with Gasteiger partial charge >= 0.3 is 0 Å². The third-order valence-corrected chi connectivity index (χ3v) is 3.61. The first-order valence-electron chi connectivity index (χ1n) is 7.59. The molecule has 7 heteroatoms. The van der Waals surface area contributed by atoms with Crippen molar-refractivity contribution in [2.75, 3.05) is 20.7 Å². The largest absolute Gasteiger partial charge is 0.444 e. The van der Waals surface area contributed by atoms with E-state index in [1.54, 1.807) is 14.2 Å². The van der Waals surface area contributed by atoms with Gasteiger partial charge in [-0.1, -0.05) is 30.3 Å². The van der Waals surface area contributed by atoms with Crippen LogP contribution in [-0.4, -0.2) is 31.6 Å². The zero-order chi connectivity index (χ0) is 16.7. The molecular weight excluding hydrogens is 419 g/mol. The first kappa shape index (κ1) is 20.4. The van der Waals surface area contributed by atoms with Crippen LogP contribution in [0.1, 0.15) is 29.0 Å². The molecule has 1 heterocycles. The van der Waals surface area contributed by atoms with Gasteiger partial charge in [-0.15, -0.1) is 24.0 Å². The van der Waals surface area contributed by atoms with Crippen LogP contribution in [0.15, 0.2) is 39.7 Å². The van der Waals surface area contributed by atoms with Crippen molar-refractivity contribution in [3.8, 4) is 0 Å². The number of rotatable bonds is 6. The van der Waals surface area contributed by atoms with Crippen molar-refractivity contribution in [1.82, 2.24) is 15.6 Å². The van der Waals surface area contributed by atoms with Gasteiger partial charge in [-0.25, -0.2) is 4.98 Å². The third kappa shape index (κ3) is 5.79. The Morgan fingerprint density at radius 3 is 2.50 bits per heavy atom. The van der Waals surface area contributed by atoms with E-state index >= 15 is 0 Å². The minimum absolute atomic E-state index is 0. The molecule has 1 atom stereocenters. The summed E-state index contributed by atoms with van der Waals surface area (Å²) in [6, 6.07) is 10.1. The number of guanidine groups is 1. The first-order chi connectivity index (χ1) is 11.1. The van der Waals surface area contributed by atoms with Gasteiger partial charge in [-0.3, -0.25) is 4.99 Å². The lowest BCUT2D eigenvalue weighted by Gasteiger charge is -2.18. The molecule has 0 saturated carbocycles. The molecular formula is C17H25IN4O2. The molecule has 2 N–H and O–H groups in total. The highest BCUT2D eigenvalue weighted by Crippen LogP contribution is 2.14. The van der Waals surface area contributed by atoms with Crippen molar-refractivity contribution >= 4 is 29.9 Å². The number of methoxy groups -OCH3 is 1. The van der Waals surface area contributed by atoms with Gasteiger partial charge in [-0.05, 0) is 19.4 Å². The summed E-state index contributed by atoms with van der Waals surface area (Å²) in [4.78, 5) is 8.54. The lowest BCUT2D eigenvalue weighted by molar-refractivity contribution is 0.106. The van der Waals surface area contributed by atoms with Gasteiger partial charge in [0.2, 0.25) is 5.89 Å². The minimum Gasteiger partial charge on any atom is -0.444 e. The van der Waals surface area contributed by atoms with E-state index in [0.29, 0.717) is 24.9 Å². The number of benzene rings is 1. The predicted octanol–water partition coefficient (Wildman–Crippen LogP) is 2.96. The van der Waals surface area contributed by atoms with Crippen LogP contribution in [-0.2, 0) is 11.3 Å². The molecule has 0 fully saturated rings. The molecule has 24 heavy (non-hydrogen) atoms. The fourth-order valence-electron chi connectivity index (χ4n) is 2.19. The molecule has 0 aliphatic rings. The first-order valence-corrected chi connectivity index (χ1v) is 7.59. The van der Waals surface area contributed by atoms with Gasteiger partial charge in [0, 0.05) is 20.7 Å². The molecule has 132 valence electrons. The summed E-state index contributed by atoms with van der Waals surface area (Å²) in [6.45, 7) is 4.93. The normalized spacial score (nSPS) is 12.4. The highest BCUT2D eigenvalue weighted by Gasteiger charge is 2.11.